The topological polar surface area (TPSA) is 0 Å². The number of hydrogen-bond acceptors (Lipinski definition) is 0. The van der Waals surface area contributed by atoms with E-state index in [9.17, 15) is 0 Å². The highest BCUT2D eigenvalue weighted by Crippen LogP contribution is 2.34. The molecular weight excluding hydrogens is 156 g/mol. The molecule has 0 N–H and O–H groups in total. The van der Waals surface area contributed by atoms with Crippen LogP contribution in [-0.4, -0.2) is 0 Å². The van der Waals surface area contributed by atoms with E-state index in [4.69, 9.17) is 0 Å². The lowest BCUT2D eigenvalue weighted by Crippen LogP contribution is -2.16. The van der Waals surface area contributed by atoms with Crippen molar-refractivity contribution in [3.8, 4) is 0 Å². The summed E-state index contributed by atoms with van der Waals surface area (Å²) in [6, 6.07) is 0. The molecule has 0 aromatic rings. The molecule has 13 heavy (non-hydrogen) atoms. The quantitative estimate of drug-likeness (QED) is 0.520. The van der Waals surface area contributed by atoms with Gasteiger partial charge in [0.25, 0.3) is 0 Å². The fourth-order valence-corrected chi connectivity index (χ4v) is 1.88. The van der Waals surface area contributed by atoms with Crippen molar-refractivity contribution in [1.82, 2.24) is 0 Å². The summed E-state index contributed by atoms with van der Waals surface area (Å²) in [5.41, 5.74) is 0.623. The summed E-state index contributed by atoms with van der Waals surface area (Å²) < 4.78 is 0. The van der Waals surface area contributed by atoms with E-state index in [-0.39, 0.29) is 0 Å². The molecule has 0 amide bonds. The third kappa shape index (κ3) is 5.33. The van der Waals surface area contributed by atoms with Gasteiger partial charge < -0.3 is 0 Å². The van der Waals surface area contributed by atoms with E-state index in [1.165, 1.54) is 38.5 Å². The highest BCUT2D eigenvalue weighted by atomic mass is 14.3. The van der Waals surface area contributed by atoms with Gasteiger partial charge in [0.15, 0.2) is 0 Å². The van der Waals surface area contributed by atoms with Gasteiger partial charge in [-0.2, -0.15) is 0 Å². The van der Waals surface area contributed by atoms with Crippen molar-refractivity contribution in [3.63, 3.8) is 0 Å². The second-order valence-corrected chi connectivity index (χ2v) is 4.97. The standard InChI is InChI=1S/C13H28/c1-6-10-13(5,8-3)11-9-12(4)7-2/h12H,6-11H2,1-5H3. The molecule has 0 heteroatoms. The Morgan fingerprint density at radius 1 is 1.08 bits per heavy atom. The van der Waals surface area contributed by atoms with E-state index < -0.39 is 0 Å². The van der Waals surface area contributed by atoms with Crippen molar-refractivity contribution in [2.75, 3.05) is 0 Å². The monoisotopic (exact) mass is 184 g/mol. The van der Waals surface area contributed by atoms with Gasteiger partial charge in [-0.05, 0) is 24.2 Å². The molecule has 0 rings (SSSR count). The lowest BCUT2D eigenvalue weighted by atomic mass is 9.77. The van der Waals surface area contributed by atoms with Crippen molar-refractivity contribution < 1.29 is 0 Å². The maximum atomic E-state index is 2.46. The van der Waals surface area contributed by atoms with E-state index in [1.54, 1.807) is 0 Å². The smallest absolute Gasteiger partial charge is 0.0328 e. The molecule has 80 valence electrons. The average Bonchev–Trinajstić information content (AvgIpc) is 2.15. The summed E-state index contributed by atoms with van der Waals surface area (Å²) in [5.74, 6) is 0.919. The summed E-state index contributed by atoms with van der Waals surface area (Å²) in [6.45, 7) is 11.8. The molecule has 0 fully saturated rings. The maximum absolute atomic E-state index is 2.46. The zero-order chi connectivity index (χ0) is 10.3. The van der Waals surface area contributed by atoms with Crippen molar-refractivity contribution in [3.05, 3.63) is 0 Å². The largest absolute Gasteiger partial charge is 0.0654 e. The molecule has 2 atom stereocenters. The molecule has 0 aromatic carbocycles. The second kappa shape index (κ2) is 6.45. The van der Waals surface area contributed by atoms with Gasteiger partial charge in [-0.3, -0.25) is 0 Å². The first kappa shape index (κ1) is 13.0. The Hall–Kier alpha value is 0. The minimum Gasteiger partial charge on any atom is -0.0654 e. The van der Waals surface area contributed by atoms with E-state index in [2.05, 4.69) is 34.6 Å². The summed E-state index contributed by atoms with van der Waals surface area (Å²) in [5, 5.41) is 0. The molecule has 0 radical (unpaired) electrons. The highest BCUT2D eigenvalue weighted by Gasteiger charge is 2.20. The lowest BCUT2D eigenvalue weighted by molar-refractivity contribution is 0.234. The minimum absolute atomic E-state index is 0.623. The van der Waals surface area contributed by atoms with Crippen LogP contribution in [0.5, 0.6) is 0 Å². The lowest BCUT2D eigenvalue weighted by Gasteiger charge is -2.29. The van der Waals surface area contributed by atoms with E-state index in [1.807, 2.05) is 0 Å². The minimum atomic E-state index is 0.623. The number of hydrogen-bond donors (Lipinski definition) is 0. The molecule has 0 bridgehead atoms. The van der Waals surface area contributed by atoms with Gasteiger partial charge in [0, 0.05) is 0 Å². The number of rotatable bonds is 7. The summed E-state index contributed by atoms with van der Waals surface area (Å²) in [4.78, 5) is 0. The fourth-order valence-electron chi connectivity index (χ4n) is 1.88. The summed E-state index contributed by atoms with van der Waals surface area (Å²) in [7, 11) is 0. The van der Waals surface area contributed by atoms with Crippen LogP contribution in [0.4, 0.5) is 0 Å². The van der Waals surface area contributed by atoms with Gasteiger partial charge in [-0.1, -0.05) is 60.3 Å². The molecule has 0 spiro atoms. The molecular formula is C13H28. The molecule has 0 nitrogen and oxygen atoms in total. The average molecular weight is 184 g/mol. The zero-order valence-corrected chi connectivity index (χ0v) is 10.3. The Kier molecular flexibility index (Phi) is 6.45. The fraction of sp³-hybridized carbons (Fsp3) is 1.00. The molecule has 0 saturated heterocycles. The SMILES string of the molecule is CCCC(C)(CC)CCC(C)CC. The third-order valence-corrected chi connectivity index (χ3v) is 3.64. The molecule has 0 aliphatic carbocycles. The van der Waals surface area contributed by atoms with Crippen LogP contribution in [0.15, 0.2) is 0 Å². The van der Waals surface area contributed by atoms with Crippen molar-refractivity contribution in [2.24, 2.45) is 11.3 Å². The molecule has 0 aromatic heterocycles. The van der Waals surface area contributed by atoms with Crippen LogP contribution in [0.3, 0.4) is 0 Å². The Labute approximate surface area is 85.1 Å². The molecule has 2 unspecified atom stereocenters. The van der Waals surface area contributed by atoms with Crippen molar-refractivity contribution in [1.29, 1.82) is 0 Å². The van der Waals surface area contributed by atoms with Gasteiger partial charge in [0.2, 0.25) is 0 Å². The van der Waals surface area contributed by atoms with E-state index in [0.717, 1.165) is 5.92 Å². The summed E-state index contributed by atoms with van der Waals surface area (Å²) in [6.07, 6.45) is 8.27. The van der Waals surface area contributed by atoms with Gasteiger partial charge in [0.05, 0.1) is 0 Å². The first-order chi connectivity index (χ1) is 6.08. The predicted octanol–water partition coefficient (Wildman–Crippen LogP) is 5.03. The first-order valence-electron chi connectivity index (χ1n) is 6.08. The Morgan fingerprint density at radius 3 is 2.08 bits per heavy atom. The van der Waals surface area contributed by atoms with Crippen LogP contribution < -0.4 is 0 Å². The maximum Gasteiger partial charge on any atom is -0.0328 e. The Bertz CT molecular complexity index is 117. The summed E-state index contributed by atoms with van der Waals surface area (Å²) >= 11 is 0. The first-order valence-corrected chi connectivity index (χ1v) is 6.08. The van der Waals surface area contributed by atoms with E-state index in [0.29, 0.717) is 5.41 Å². The van der Waals surface area contributed by atoms with Crippen LogP contribution >= 0.6 is 0 Å². The molecule has 0 saturated carbocycles. The Morgan fingerprint density at radius 2 is 1.69 bits per heavy atom. The van der Waals surface area contributed by atoms with Crippen molar-refractivity contribution >= 4 is 0 Å². The van der Waals surface area contributed by atoms with Crippen LogP contribution in [0.25, 0.3) is 0 Å². The molecule has 0 heterocycles. The second-order valence-electron chi connectivity index (χ2n) is 4.97. The van der Waals surface area contributed by atoms with Crippen LogP contribution in [-0.2, 0) is 0 Å². The molecule has 0 aliphatic rings. The highest BCUT2D eigenvalue weighted by molar-refractivity contribution is 4.72. The van der Waals surface area contributed by atoms with E-state index >= 15 is 0 Å². The van der Waals surface area contributed by atoms with Crippen LogP contribution in [0, 0.1) is 11.3 Å². The van der Waals surface area contributed by atoms with Gasteiger partial charge in [-0.25, -0.2) is 0 Å². The Balaban J connectivity index is 3.82. The van der Waals surface area contributed by atoms with Crippen LogP contribution in [0.2, 0.25) is 0 Å². The normalized spacial score (nSPS) is 18.2. The van der Waals surface area contributed by atoms with Gasteiger partial charge >= 0.3 is 0 Å². The third-order valence-electron chi connectivity index (χ3n) is 3.64. The predicted molar refractivity (Wildman–Crippen MR) is 62.0 cm³/mol. The molecule has 0 aliphatic heterocycles. The van der Waals surface area contributed by atoms with Crippen molar-refractivity contribution in [2.45, 2.75) is 73.1 Å². The van der Waals surface area contributed by atoms with Gasteiger partial charge in [-0.15, -0.1) is 0 Å². The zero-order valence-electron chi connectivity index (χ0n) is 10.3. The van der Waals surface area contributed by atoms with Crippen LogP contribution in [0.1, 0.15) is 73.1 Å². The van der Waals surface area contributed by atoms with Gasteiger partial charge in [0.1, 0.15) is 0 Å².